The lowest BCUT2D eigenvalue weighted by Gasteiger charge is -2.10. The summed E-state index contributed by atoms with van der Waals surface area (Å²) in [6.45, 7) is 2.10. The third-order valence-corrected chi connectivity index (χ3v) is 1.56. The highest BCUT2D eigenvalue weighted by molar-refractivity contribution is 5.78. The number of amides is 1. The van der Waals surface area contributed by atoms with Crippen LogP contribution in [0, 0.1) is 0 Å². The summed E-state index contributed by atoms with van der Waals surface area (Å²) >= 11 is 0. The van der Waals surface area contributed by atoms with E-state index in [0.717, 1.165) is 12.8 Å². The number of carbonyl (C=O) groups is 1. The van der Waals surface area contributed by atoms with E-state index in [0.29, 0.717) is 6.42 Å². The Hall–Kier alpha value is -0.790. The van der Waals surface area contributed by atoms with Crippen LogP contribution in [0.15, 0.2) is 11.8 Å². The van der Waals surface area contributed by atoms with Gasteiger partial charge in [0.1, 0.15) is 0 Å². The molecular formula is C7H11NO. The van der Waals surface area contributed by atoms with Crippen LogP contribution in [-0.2, 0) is 4.79 Å². The van der Waals surface area contributed by atoms with Gasteiger partial charge in [0.25, 0.3) is 0 Å². The van der Waals surface area contributed by atoms with Crippen molar-refractivity contribution in [3.63, 3.8) is 0 Å². The second kappa shape index (κ2) is 2.67. The molecule has 50 valence electrons. The fourth-order valence-electron chi connectivity index (χ4n) is 0.880. The van der Waals surface area contributed by atoms with Crippen LogP contribution in [-0.4, -0.2) is 5.91 Å². The van der Waals surface area contributed by atoms with Crippen molar-refractivity contribution in [1.29, 1.82) is 0 Å². The summed E-state index contributed by atoms with van der Waals surface area (Å²) in [5.41, 5.74) is 1.34. The van der Waals surface area contributed by atoms with Crippen LogP contribution in [0.1, 0.15) is 26.2 Å². The molecule has 2 nitrogen and oxygen atoms in total. The smallest absolute Gasteiger partial charge is 0.224 e. The number of hydrogen-bond donors (Lipinski definition) is 1. The summed E-state index contributed by atoms with van der Waals surface area (Å²) in [5.74, 6) is 0.146. The number of rotatable bonds is 1. The molecule has 0 aromatic rings. The molecule has 0 unspecified atom stereocenters. The molecule has 1 rings (SSSR count). The molecule has 0 radical (unpaired) electrons. The molecule has 0 bridgehead atoms. The third-order valence-electron chi connectivity index (χ3n) is 1.56. The van der Waals surface area contributed by atoms with Gasteiger partial charge in [-0.15, -0.1) is 0 Å². The van der Waals surface area contributed by atoms with Gasteiger partial charge >= 0.3 is 0 Å². The van der Waals surface area contributed by atoms with Gasteiger partial charge in [0.15, 0.2) is 0 Å². The standard InChI is InChI=1S/C7H11NO/c1-2-6-3-4-7(9)8-5-6/h5H,2-4H2,1H3,(H,8,9). The van der Waals surface area contributed by atoms with Crippen molar-refractivity contribution in [3.8, 4) is 0 Å². The maximum absolute atomic E-state index is 10.6. The lowest BCUT2D eigenvalue weighted by molar-refractivity contribution is -0.120. The van der Waals surface area contributed by atoms with Crippen LogP contribution in [0.25, 0.3) is 0 Å². The lowest BCUT2D eigenvalue weighted by atomic mass is 10.1. The molecule has 0 atom stereocenters. The number of allylic oxidation sites excluding steroid dienone is 1. The molecule has 1 aliphatic heterocycles. The molecule has 0 aromatic carbocycles. The first-order valence-electron chi connectivity index (χ1n) is 3.30. The lowest BCUT2D eigenvalue weighted by Crippen LogP contribution is -2.21. The Bertz CT molecular complexity index is 149. The monoisotopic (exact) mass is 125 g/mol. The van der Waals surface area contributed by atoms with Gasteiger partial charge in [-0.05, 0) is 12.8 Å². The Labute approximate surface area is 54.9 Å². The van der Waals surface area contributed by atoms with Crippen LogP contribution >= 0.6 is 0 Å². The number of nitrogens with one attached hydrogen (secondary N) is 1. The summed E-state index contributed by atoms with van der Waals surface area (Å²) in [6, 6.07) is 0. The SMILES string of the molecule is CCC1=CNC(=O)CC1. The molecule has 9 heavy (non-hydrogen) atoms. The molecule has 0 spiro atoms. The molecule has 0 saturated heterocycles. The molecule has 1 heterocycles. The molecule has 0 saturated carbocycles. The van der Waals surface area contributed by atoms with Gasteiger partial charge in [0.05, 0.1) is 0 Å². The molecule has 1 aliphatic rings. The first kappa shape index (κ1) is 6.33. The average molecular weight is 125 g/mol. The van der Waals surface area contributed by atoms with Crippen molar-refractivity contribution in [1.82, 2.24) is 5.32 Å². The summed E-state index contributed by atoms with van der Waals surface area (Å²) in [5, 5.41) is 2.68. The first-order chi connectivity index (χ1) is 4.33. The number of carbonyl (C=O) groups excluding carboxylic acids is 1. The van der Waals surface area contributed by atoms with E-state index in [4.69, 9.17) is 0 Å². The Balaban J connectivity index is 2.50. The van der Waals surface area contributed by atoms with Crippen LogP contribution in [0.2, 0.25) is 0 Å². The second-order valence-corrected chi connectivity index (χ2v) is 2.22. The quantitative estimate of drug-likeness (QED) is 0.560. The zero-order valence-electron chi connectivity index (χ0n) is 5.61. The van der Waals surface area contributed by atoms with E-state index in [9.17, 15) is 4.79 Å². The molecule has 1 amide bonds. The Morgan fingerprint density at radius 2 is 2.44 bits per heavy atom. The Morgan fingerprint density at radius 3 is 2.89 bits per heavy atom. The van der Waals surface area contributed by atoms with Gasteiger partial charge in [0, 0.05) is 12.6 Å². The highest BCUT2D eigenvalue weighted by Gasteiger charge is 2.06. The van der Waals surface area contributed by atoms with E-state index in [-0.39, 0.29) is 5.91 Å². The molecule has 2 heteroatoms. The third kappa shape index (κ3) is 1.56. The van der Waals surface area contributed by atoms with E-state index in [1.54, 1.807) is 0 Å². The van der Waals surface area contributed by atoms with Crippen LogP contribution < -0.4 is 5.32 Å². The van der Waals surface area contributed by atoms with Gasteiger partial charge in [-0.2, -0.15) is 0 Å². The fraction of sp³-hybridized carbons (Fsp3) is 0.571. The van der Waals surface area contributed by atoms with Crippen molar-refractivity contribution in [2.24, 2.45) is 0 Å². The summed E-state index contributed by atoms with van der Waals surface area (Å²) in [4.78, 5) is 10.6. The maximum atomic E-state index is 10.6. The van der Waals surface area contributed by atoms with Crippen molar-refractivity contribution in [2.45, 2.75) is 26.2 Å². The van der Waals surface area contributed by atoms with Gasteiger partial charge in [-0.3, -0.25) is 4.79 Å². The topological polar surface area (TPSA) is 29.1 Å². The fourth-order valence-corrected chi connectivity index (χ4v) is 0.880. The van der Waals surface area contributed by atoms with E-state index in [1.807, 2.05) is 6.20 Å². The van der Waals surface area contributed by atoms with Crippen molar-refractivity contribution < 1.29 is 4.79 Å². The maximum Gasteiger partial charge on any atom is 0.224 e. The summed E-state index contributed by atoms with van der Waals surface area (Å²) in [7, 11) is 0. The minimum atomic E-state index is 0.146. The Kier molecular flexibility index (Phi) is 1.88. The number of hydrogen-bond acceptors (Lipinski definition) is 1. The van der Waals surface area contributed by atoms with E-state index < -0.39 is 0 Å². The highest BCUT2D eigenvalue weighted by Crippen LogP contribution is 2.11. The highest BCUT2D eigenvalue weighted by atomic mass is 16.1. The minimum Gasteiger partial charge on any atom is -0.333 e. The predicted molar refractivity (Wildman–Crippen MR) is 35.8 cm³/mol. The van der Waals surface area contributed by atoms with E-state index in [2.05, 4.69) is 12.2 Å². The summed E-state index contributed by atoms with van der Waals surface area (Å²) < 4.78 is 0. The molecule has 0 fully saturated rings. The molecule has 0 aromatic heterocycles. The van der Waals surface area contributed by atoms with Gasteiger partial charge in [0.2, 0.25) is 5.91 Å². The van der Waals surface area contributed by atoms with Crippen molar-refractivity contribution in [2.75, 3.05) is 0 Å². The van der Waals surface area contributed by atoms with Crippen molar-refractivity contribution >= 4 is 5.91 Å². The van der Waals surface area contributed by atoms with Gasteiger partial charge in [-0.1, -0.05) is 12.5 Å². The normalized spacial score (nSPS) is 18.8. The molecule has 1 N–H and O–H groups in total. The van der Waals surface area contributed by atoms with Gasteiger partial charge < -0.3 is 5.32 Å². The molecule has 0 aliphatic carbocycles. The van der Waals surface area contributed by atoms with Crippen LogP contribution in [0.5, 0.6) is 0 Å². The van der Waals surface area contributed by atoms with Crippen LogP contribution in [0.3, 0.4) is 0 Å². The minimum absolute atomic E-state index is 0.146. The van der Waals surface area contributed by atoms with Gasteiger partial charge in [-0.25, -0.2) is 0 Å². The second-order valence-electron chi connectivity index (χ2n) is 2.22. The summed E-state index contributed by atoms with van der Waals surface area (Å²) in [6.07, 6.45) is 4.49. The van der Waals surface area contributed by atoms with E-state index in [1.165, 1.54) is 5.57 Å². The molecular weight excluding hydrogens is 114 g/mol. The first-order valence-corrected chi connectivity index (χ1v) is 3.30. The van der Waals surface area contributed by atoms with Crippen LogP contribution in [0.4, 0.5) is 0 Å². The zero-order chi connectivity index (χ0) is 6.69. The zero-order valence-corrected chi connectivity index (χ0v) is 5.61. The average Bonchev–Trinajstić information content (AvgIpc) is 1.90. The Morgan fingerprint density at radius 1 is 1.67 bits per heavy atom. The predicted octanol–water partition coefficient (Wildman–Crippen LogP) is 1.19. The van der Waals surface area contributed by atoms with Crippen molar-refractivity contribution in [3.05, 3.63) is 11.8 Å². The van der Waals surface area contributed by atoms with E-state index >= 15 is 0 Å². The largest absolute Gasteiger partial charge is 0.333 e.